The Bertz CT molecular complexity index is 737. The predicted octanol–water partition coefficient (Wildman–Crippen LogP) is 4.72. The minimum Gasteiger partial charge on any atom is -0.444 e. The highest BCUT2D eigenvalue weighted by Crippen LogP contribution is 2.26. The molecule has 1 amide bonds. The zero-order valence-corrected chi connectivity index (χ0v) is 15.7. The molecule has 1 fully saturated rings. The Hall–Kier alpha value is -2.04. The topological polar surface area (TPSA) is 55.6 Å². The third-order valence-corrected chi connectivity index (χ3v) is 4.76. The summed E-state index contributed by atoms with van der Waals surface area (Å²) in [7, 11) is 0. The fourth-order valence-electron chi connectivity index (χ4n) is 3.35. The van der Waals surface area contributed by atoms with Crippen LogP contribution >= 0.6 is 0 Å². The summed E-state index contributed by atoms with van der Waals surface area (Å²) >= 11 is 0. The molecule has 2 heterocycles. The first kappa shape index (κ1) is 17.8. The van der Waals surface area contributed by atoms with Gasteiger partial charge in [0.1, 0.15) is 5.60 Å². The number of rotatable bonds is 3. The van der Waals surface area contributed by atoms with E-state index in [1.165, 1.54) is 5.56 Å². The number of carbonyl (C=O) groups excluding carboxylic acids is 1. The maximum absolute atomic E-state index is 12.1. The smallest absolute Gasteiger partial charge is 0.410 e. The van der Waals surface area contributed by atoms with Crippen molar-refractivity contribution in [2.75, 3.05) is 13.1 Å². The van der Waals surface area contributed by atoms with Crippen LogP contribution in [-0.4, -0.2) is 34.8 Å². The van der Waals surface area contributed by atoms with Gasteiger partial charge in [-0.25, -0.2) is 4.79 Å². The summed E-state index contributed by atoms with van der Waals surface area (Å²) in [4.78, 5) is 14.0. The summed E-state index contributed by atoms with van der Waals surface area (Å²) in [5, 5.41) is 5.38. The average Bonchev–Trinajstić information content (AvgIpc) is 2.94. The monoisotopic (exact) mass is 344 g/mol. The summed E-state index contributed by atoms with van der Waals surface area (Å²) in [6.45, 7) is 9.35. The molecule has 0 aliphatic carbocycles. The molecule has 1 aliphatic heterocycles. The quantitative estimate of drug-likeness (QED) is 0.809. The lowest BCUT2D eigenvalue weighted by Crippen LogP contribution is -2.41. The van der Waals surface area contributed by atoms with E-state index in [1.807, 2.05) is 37.8 Å². The van der Waals surface area contributed by atoms with Gasteiger partial charge >= 0.3 is 6.09 Å². The van der Waals surface area contributed by atoms with Crippen molar-refractivity contribution in [2.45, 2.75) is 59.0 Å². The molecule has 0 N–H and O–H groups in total. The molecular formula is C20H28N2O3. The van der Waals surface area contributed by atoms with Crippen LogP contribution in [0.3, 0.4) is 0 Å². The van der Waals surface area contributed by atoms with E-state index in [-0.39, 0.29) is 6.09 Å². The van der Waals surface area contributed by atoms with Gasteiger partial charge in [-0.05, 0) is 71.4 Å². The van der Waals surface area contributed by atoms with Crippen LogP contribution < -0.4 is 0 Å². The number of carbonyl (C=O) groups is 1. The summed E-state index contributed by atoms with van der Waals surface area (Å²) < 4.78 is 10.9. The molecule has 136 valence electrons. The SMILES string of the molecule is Cc1ccc2onc(CCC3CCN(C(=O)OC(C)(C)C)CC3)c2c1. The Morgan fingerprint density at radius 3 is 2.72 bits per heavy atom. The Balaban J connectivity index is 1.51. The summed E-state index contributed by atoms with van der Waals surface area (Å²) in [5.74, 6) is 0.621. The van der Waals surface area contributed by atoms with Crippen molar-refractivity contribution in [2.24, 2.45) is 5.92 Å². The molecule has 0 atom stereocenters. The van der Waals surface area contributed by atoms with Crippen LogP contribution in [-0.2, 0) is 11.2 Å². The van der Waals surface area contributed by atoms with E-state index in [1.54, 1.807) is 0 Å². The normalized spacial score (nSPS) is 16.4. The highest BCUT2D eigenvalue weighted by atomic mass is 16.6. The van der Waals surface area contributed by atoms with Crippen LogP contribution in [0.1, 0.15) is 51.3 Å². The first-order chi connectivity index (χ1) is 11.8. The number of hydrogen-bond donors (Lipinski definition) is 0. The number of benzene rings is 1. The number of fused-ring (bicyclic) bond motifs is 1. The van der Waals surface area contributed by atoms with Crippen molar-refractivity contribution < 1.29 is 14.1 Å². The number of hydrogen-bond acceptors (Lipinski definition) is 4. The Kier molecular flexibility index (Phi) is 5.02. The minimum absolute atomic E-state index is 0.191. The Morgan fingerprint density at radius 2 is 2.04 bits per heavy atom. The number of likely N-dealkylation sites (tertiary alicyclic amines) is 1. The second kappa shape index (κ2) is 7.06. The molecule has 2 aromatic rings. The predicted molar refractivity (Wildman–Crippen MR) is 97.6 cm³/mol. The lowest BCUT2D eigenvalue weighted by Gasteiger charge is -2.33. The van der Waals surface area contributed by atoms with Gasteiger partial charge in [0.15, 0.2) is 5.58 Å². The maximum atomic E-state index is 12.1. The number of aryl methyl sites for hydroxylation is 2. The molecule has 0 saturated carbocycles. The number of nitrogens with zero attached hydrogens (tertiary/aromatic N) is 2. The second-order valence-corrected chi connectivity index (χ2v) is 8.08. The third-order valence-electron chi connectivity index (χ3n) is 4.76. The summed E-state index contributed by atoms with van der Waals surface area (Å²) in [6.07, 6.45) is 3.86. The molecule has 1 aliphatic rings. The van der Waals surface area contributed by atoms with Crippen molar-refractivity contribution in [3.05, 3.63) is 29.5 Å². The minimum atomic E-state index is -0.430. The van der Waals surface area contributed by atoms with E-state index in [9.17, 15) is 4.79 Å². The molecule has 1 saturated heterocycles. The van der Waals surface area contributed by atoms with Gasteiger partial charge in [-0.2, -0.15) is 0 Å². The van der Waals surface area contributed by atoms with Crippen LogP contribution in [0, 0.1) is 12.8 Å². The largest absolute Gasteiger partial charge is 0.444 e. The van der Waals surface area contributed by atoms with Gasteiger partial charge in [0.05, 0.1) is 5.69 Å². The molecule has 0 radical (unpaired) electrons. The highest BCUT2D eigenvalue weighted by molar-refractivity contribution is 5.80. The summed E-state index contributed by atoms with van der Waals surface area (Å²) in [5.41, 5.74) is 2.70. The first-order valence-corrected chi connectivity index (χ1v) is 9.15. The average molecular weight is 344 g/mol. The summed E-state index contributed by atoms with van der Waals surface area (Å²) in [6, 6.07) is 6.18. The molecule has 3 rings (SSSR count). The van der Waals surface area contributed by atoms with Gasteiger partial charge in [-0.3, -0.25) is 0 Å². The van der Waals surface area contributed by atoms with E-state index in [2.05, 4.69) is 18.1 Å². The number of aromatic nitrogens is 1. The van der Waals surface area contributed by atoms with Gasteiger partial charge in [0.2, 0.25) is 0 Å². The molecular weight excluding hydrogens is 316 g/mol. The fraction of sp³-hybridized carbons (Fsp3) is 0.600. The highest BCUT2D eigenvalue weighted by Gasteiger charge is 2.27. The van der Waals surface area contributed by atoms with Crippen molar-refractivity contribution in [1.82, 2.24) is 10.1 Å². The van der Waals surface area contributed by atoms with Crippen molar-refractivity contribution in [3.8, 4) is 0 Å². The van der Waals surface area contributed by atoms with E-state index in [0.717, 1.165) is 55.4 Å². The molecule has 1 aromatic heterocycles. The Morgan fingerprint density at radius 1 is 1.32 bits per heavy atom. The van der Waals surface area contributed by atoms with Crippen LogP contribution in [0.4, 0.5) is 4.79 Å². The van der Waals surface area contributed by atoms with Crippen LogP contribution in [0.5, 0.6) is 0 Å². The van der Waals surface area contributed by atoms with Gasteiger partial charge in [-0.15, -0.1) is 0 Å². The standard InChI is InChI=1S/C20H28N2O3/c1-14-5-8-18-16(13-14)17(21-25-18)7-6-15-9-11-22(12-10-15)19(23)24-20(2,3)4/h5,8,13,15H,6-7,9-12H2,1-4H3. The molecule has 0 spiro atoms. The zero-order chi connectivity index (χ0) is 18.0. The van der Waals surface area contributed by atoms with Gasteiger partial charge in [-0.1, -0.05) is 16.8 Å². The first-order valence-electron chi connectivity index (χ1n) is 9.15. The van der Waals surface area contributed by atoms with Crippen molar-refractivity contribution in [3.63, 3.8) is 0 Å². The molecule has 0 bridgehead atoms. The number of ether oxygens (including phenoxy) is 1. The van der Waals surface area contributed by atoms with Gasteiger partial charge in [0, 0.05) is 18.5 Å². The van der Waals surface area contributed by atoms with E-state index in [4.69, 9.17) is 9.26 Å². The Labute approximate surface area is 149 Å². The van der Waals surface area contributed by atoms with Crippen LogP contribution in [0.2, 0.25) is 0 Å². The third kappa shape index (κ3) is 4.53. The van der Waals surface area contributed by atoms with Crippen LogP contribution in [0.25, 0.3) is 11.0 Å². The zero-order valence-electron chi connectivity index (χ0n) is 15.7. The van der Waals surface area contributed by atoms with E-state index < -0.39 is 5.60 Å². The number of amides is 1. The van der Waals surface area contributed by atoms with Gasteiger partial charge in [0.25, 0.3) is 0 Å². The van der Waals surface area contributed by atoms with Crippen molar-refractivity contribution >= 4 is 17.1 Å². The van der Waals surface area contributed by atoms with E-state index >= 15 is 0 Å². The molecule has 0 unspecified atom stereocenters. The lowest BCUT2D eigenvalue weighted by molar-refractivity contribution is 0.0181. The van der Waals surface area contributed by atoms with Crippen molar-refractivity contribution in [1.29, 1.82) is 0 Å². The van der Waals surface area contributed by atoms with Gasteiger partial charge < -0.3 is 14.2 Å². The molecule has 5 nitrogen and oxygen atoms in total. The molecule has 25 heavy (non-hydrogen) atoms. The van der Waals surface area contributed by atoms with E-state index in [0.29, 0.717) is 5.92 Å². The lowest BCUT2D eigenvalue weighted by atomic mass is 9.91. The maximum Gasteiger partial charge on any atom is 0.410 e. The molecule has 1 aromatic carbocycles. The van der Waals surface area contributed by atoms with Crippen LogP contribution in [0.15, 0.2) is 22.7 Å². The second-order valence-electron chi connectivity index (χ2n) is 8.08. The molecule has 5 heteroatoms. The number of piperidine rings is 1. The fourth-order valence-corrected chi connectivity index (χ4v) is 3.35.